The Morgan fingerprint density at radius 1 is 1.29 bits per heavy atom. The highest BCUT2D eigenvalue weighted by atomic mass is 35.5. The number of nitrogens with zero attached hydrogens (tertiary/aromatic N) is 1. The molecular formula is C17H14ClNO2. The quantitative estimate of drug-likeness (QED) is 0.797. The minimum absolute atomic E-state index is 0.327. The van der Waals surface area contributed by atoms with Crippen molar-refractivity contribution in [2.75, 3.05) is 7.11 Å². The number of methoxy groups -OCH3 is 1. The number of ether oxygens (including phenoxy) is 1. The minimum atomic E-state index is -0.943. The van der Waals surface area contributed by atoms with Gasteiger partial charge in [0.1, 0.15) is 11.7 Å². The summed E-state index contributed by atoms with van der Waals surface area (Å²) in [6.07, 6.45) is 0. The number of hydrogen-bond acceptors (Lipinski definition) is 3. The summed E-state index contributed by atoms with van der Waals surface area (Å²) in [4.78, 5) is 12.6. The van der Waals surface area contributed by atoms with Gasteiger partial charge in [-0.3, -0.25) is 4.79 Å². The molecule has 0 saturated heterocycles. The molecule has 0 amide bonds. The van der Waals surface area contributed by atoms with Crippen molar-refractivity contribution in [1.29, 1.82) is 5.26 Å². The first kappa shape index (κ1) is 15.1. The highest BCUT2D eigenvalue weighted by Crippen LogP contribution is 2.31. The van der Waals surface area contributed by atoms with E-state index < -0.39 is 5.92 Å². The van der Waals surface area contributed by atoms with Crippen LogP contribution in [0.25, 0.3) is 0 Å². The molecule has 0 N–H and O–H groups in total. The third kappa shape index (κ3) is 3.07. The lowest BCUT2D eigenvalue weighted by atomic mass is 9.91. The van der Waals surface area contributed by atoms with Gasteiger partial charge in [0.15, 0.2) is 5.78 Å². The highest BCUT2D eigenvalue weighted by Gasteiger charge is 2.26. The summed E-state index contributed by atoms with van der Waals surface area (Å²) in [7, 11) is 1.51. The van der Waals surface area contributed by atoms with E-state index in [2.05, 4.69) is 0 Å². The maximum Gasteiger partial charge on any atom is 0.186 e. The van der Waals surface area contributed by atoms with E-state index in [9.17, 15) is 10.1 Å². The molecule has 106 valence electrons. The molecule has 1 unspecified atom stereocenters. The zero-order valence-corrected chi connectivity index (χ0v) is 12.5. The molecule has 2 rings (SSSR count). The standard InChI is InChI=1S/C17H14ClNO2/c1-11-7-8-13(15(18)9-11)17(20)14(10-19)12-5-3-4-6-16(12)21-2/h3-9,14H,1-2H3. The van der Waals surface area contributed by atoms with Crippen molar-refractivity contribution in [2.45, 2.75) is 12.8 Å². The lowest BCUT2D eigenvalue weighted by Gasteiger charge is -2.13. The van der Waals surface area contributed by atoms with Gasteiger partial charge in [0.05, 0.1) is 18.2 Å². The third-order valence-electron chi connectivity index (χ3n) is 3.23. The molecule has 0 heterocycles. The lowest BCUT2D eigenvalue weighted by Crippen LogP contribution is -2.13. The van der Waals surface area contributed by atoms with Crippen molar-refractivity contribution >= 4 is 17.4 Å². The zero-order valence-electron chi connectivity index (χ0n) is 11.8. The van der Waals surface area contributed by atoms with Crippen LogP contribution in [0.2, 0.25) is 5.02 Å². The van der Waals surface area contributed by atoms with Crippen LogP contribution in [0.1, 0.15) is 27.4 Å². The van der Waals surface area contributed by atoms with Gasteiger partial charge in [-0.25, -0.2) is 0 Å². The van der Waals surface area contributed by atoms with E-state index in [1.807, 2.05) is 13.0 Å². The number of ketones is 1. The Morgan fingerprint density at radius 2 is 2.00 bits per heavy atom. The molecule has 1 atom stereocenters. The fourth-order valence-electron chi connectivity index (χ4n) is 2.15. The van der Waals surface area contributed by atoms with Crippen LogP contribution in [0, 0.1) is 18.3 Å². The number of para-hydroxylation sites is 1. The second kappa shape index (κ2) is 6.43. The number of hydrogen-bond donors (Lipinski definition) is 0. The number of rotatable bonds is 4. The van der Waals surface area contributed by atoms with Crippen LogP contribution in [-0.2, 0) is 0 Å². The normalized spacial score (nSPS) is 11.5. The fraction of sp³-hybridized carbons (Fsp3) is 0.176. The molecule has 0 aliphatic heterocycles. The number of benzene rings is 2. The first-order valence-electron chi connectivity index (χ1n) is 6.41. The van der Waals surface area contributed by atoms with E-state index in [1.54, 1.807) is 42.5 Å². The smallest absolute Gasteiger partial charge is 0.186 e. The van der Waals surface area contributed by atoms with E-state index in [1.165, 1.54) is 7.11 Å². The number of nitriles is 1. The second-order valence-electron chi connectivity index (χ2n) is 4.65. The SMILES string of the molecule is COc1ccccc1C(C#N)C(=O)c1ccc(C)cc1Cl. The van der Waals surface area contributed by atoms with Crippen molar-refractivity contribution in [3.05, 3.63) is 64.2 Å². The van der Waals surface area contributed by atoms with Crippen LogP contribution in [-0.4, -0.2) is 12.9 Å². The molecule has 0 radical (unpaired) electrons. The molecule has 0 fully saturated rings. The first-order valence-corrected chi connectivity index (χ1v) is 6.79. The van der Waals surface area contributed by atoms with Crippen LogP contribution >= 0.6 is 11.6 Å². The van der Waals surface area contributed by atoms with Crippen molar-refractivity contribution in [1.82, 2.24) is 0 Å². The number of halogens is 1. The molecule has 0 spiro atoms. The van der Waals surface area contributed by atoms with Gasteiger partial charge in [-0.05, 0) is 30.7 Å². The minimum Gasteiger partial charge on any atom is -0.496 e. The Morgan fingerprint density at radius 3 is 2.62 bits per heavy atom. The lowest BCUT2D eigenvalue weighted by molar-refractivity contribution is 0.0978. The molecule has 0 saturated carbocycles. The average molecular weight is 300 g/mol. The van der Waals surface area contributed by atoms with Crippen molar-refractivity contribution in [2.24, 2.45) is 0 Å². The molecule has 0 aromatic heterocycles. The monoisotopic (exact) mass is 299 g/mol. The topological polar surface area (TPSA) is 50.1 Å². The largest absolute Gasteiger partial charge is 0.496 e. The van der Waals surface area contributed by atoms with E-state index in [0.29, 0.717) is 21.9 Å². The number of Topliss-reactive ketones (excluding diaryl/α,β-unsaturated/α-hetero) is 1. The van der Waals surface area contributed by atoms with Gasteiger partial charge in [-0.1, -0.05) is 35.9 Å². The average Bonchev–Trinajstić information content (AvgIpc) is 2.48. The molecule has 3 nitrogen and oxygen atoms in total. The molecule has 0 bridgehead atoms. The van der Waals surface area contributed by atoms with Crippen molar-refractivity contribution in [3.63, 3.8) is 0 Å². The van der Waals surface area contributed by atoms with E-state index in [4.69, 9.17) is 16.3 Å². The molecule has 2 aromatic rings. The molecule has 2 aromatic carbocycles. The van der Waals surface area contributed by atoms with E-state index in [0.717, 1.165) is 5.56 Å². The maximum absolute atomic E-state index is 12.6. The predicted octanol–water partition coefficient (Wildman–Crippen LogP) is 4.15. The predicted molar refractivity (Wildman–Crippen MR) is 81.9 cm³/mol. The molecule has 4 heteroatoms. The van der Waals surface area contributed by atoms with Crippen LogP contribution in [0.5, 0.6) is 5.75 Å². The number of aryl methyl sites for hydroxylation is 1. The number of carbonyl (C=O) groups excluding carboxylic acids is 1. The summed E-state index contributed by atoms with van der Waals surface area (Å²) >= 11 is 6.13. The first-order chi connectivity index (χ1) is 10.1. The summed E-state index contributed by atoms with van der Waals surface area (Å²) in [6.45, 7) is 1.89. The van der Waals surface area contributed by atoms with Gasteiger partial charge >= 0.3 is 0 Å². The summed E-state index contributed by atoms with van der Waals surface area (Å²) in [5.41, 5.74) is 1.85. The van der Waals surface area contributed by atoms with E-state index in [-0.39, 0.29) is 5.78 Å². The van der Waals surface area contributed by atoms with Crippen LogP contribution in [0.15, 0.2) is 42.5 Å². The summed E-state index contributed by atoms with van der Waals surface area (Å²) in [5.74, 6) is -0.756. The summed E-state index contributed by atoms with van der Waals surface area (Å²) in [6, 6.07) is 14.2. The molecule has 0 aliphatic rings. The highest BCUT2D eigenvalue weighted by molar-refractivity contribution is 6.34. The fourth-order valence-corrected chi connectivity index (χ4v) is 2.48. The zero-order chi connectivity index (χ0) is 15.4. The Hall–Kier alpha value is -2.31. The van der Waals surface area contributed by atoms with Gasteiger partial charge in [0, 0.05) is 11.1 Å². The Kier molecular flexibility index (Phi) is 4.62. The van der Waals surface area contributed by atoms with Crippen molar-refractivity contribution in [3.8, 4) is 11.8 Å². The van der Waals surface area contributed by atoms with Gasteiger partial charge in [-0.2, -0.15) is 5.26 Å². The number of carbonyl (C=O) groups is 1. The van der Waals surface area contributed by atoms with Crippen LogP contribution in [0.3, 0.4) is 0 Å². The van der Waals surface area contributed by atoms with Gasteiger partial charge in [0.2, 0.25) is 0 Å². The van der Waals surface area contributed by atoms with E-state index >= 15 is 0 Å². The molecule has 21 heavy (non-hydrogen) atoms. The van der Waals surface area contributed by atoms with Crippen molar-refractivity contribution < 1.29 is 9.53 Å². The summed E-state index contributed by atoms with van der Waals surface area (Å²) < 4.78 is 5.23. The van der Waals surface area contributed by atoms with Crippen LogP contribution in [0.4, 0.5) is 0 Å². The Balaban J connectivity index is 2.46. The van der Waals surface area contributed by atoms with Gasteiger partial charge in [0.25, 0.3) is 0 Å². The maximum atomic E-state index is 12.6. The molecular weight excluding hydrogens is 286 g/mol. The third-order valence-corrected chi connectivity index (χ3v) is 3.54. The van der Waals surface area contributed by atoms with Gasteiger partial charge < -0.3 is 4.74 Å². The second-order valence-corrected chi connectivity index (χ2v) is 5.06. The van der Waals surface area contributed by atoms with Crippen LogP contribution < -0.4 is 4.74 Å². The Labute approximate surface area is 128 Å². The van der Waals surface area contributed by atoms with Gasteiger partial charge in [-0.15, -0.1) is 0 Å². The summed E-state index contributed by atoms with van der Waals surface area (Å²) in [5, 5.41) is 9.76. The molecule has 0 aliphatic carbocycles. The Bertz CT molecular complexity index is 719.